The highest BCUT2D eigenvalue weighted by atomic mass is 35.5. The van der Waals surface area contributed by atoms with Crippen molar-refractivity contribution in [3.8, 4) is 0 Å². The number of hydrogen-bond acceptors (Lipinski definition) is 4. The van der Waals surface area contributed by atoms with Gasteiger partial charge in [0.15, 0.2) is 0 Å². The van der Waals surface area contributed by atoms with Crippen LogP contribution in [0, 0.1) is 0 Å². The van der Waals surface area contributed by atoms with E-state index in [2.05, 4.69) is 9.82 Å². The molecule has 24 heavy (non-hydrogen) atoms. The molecule has 0 bridgehead atoms. The lowest BCUT2D eigenvalue weighted by atomic mass is 10.0. The van der Waals surface area contributed by atoms with Crippen LogP contribution in [0.2, 0.25) is 5.15 Å². The van der Waals surface area contributed by atoms with Crippen LogP contribution >= 0.6 is 11.6 Å². The molecule has 1 heterocycles. The highest BCUT2D eigenvalue weighted by molar-refractivity contribution is 7.89. The fourth-order valence-corrected chi connectivity index (χ4v) is 4.04. The van der Waals surface area contributed by atoms with E-state index in [1.54, 1.807) is 37.3 Å². The highest BCUT2D eigenvalue weighted by Crippen LogP contribution is 2.25. The van der Waals surface area contributed by atoms with Crippen LogP contribution in [0.3, 0.4) is 0 Å². The summed E-state index contributed by atoms with van der Waals surface area (Å²) in [4.78, 5) is 10.7. The lowest BCUT2D eigenvalue weighted by Gasteiger charge is -2.18. The molecule has 0 spiro atoms. The van der Waals surface area contributed by atoms with Gasteiger partial charge in [-0.05, 0) is 18.9 Å². The molecule has 0 fully saturated rings. The van der Waals surface area contributed by atoms with Crippen LogP contribution in [0.15, 0.2) is 41.4 Å². The van der Waals surface area contributed by atoms with E-state index in [0.29, 0.717) is 12.1 Å². The number of benzene rings is 1. The molecule has 2 N–H and O–H groups in total. The molecule has 1 aromatic carbocycles. The predicted octanol–water partition coefficient (Wildman–Crippen LogP) is 2.44. The Hall–Kier alpha value is -1.90. The average molecular weight is 372 g/mol. The molecule has 1 aromatic heterocycles. The quantitative estimate of drug-likeness (QED) is 0.742. The molecule has 2 aromatic rings. The molecule has 0 aliphatic heterocycles. The Kier molecular flexibility index (Phi) is 5.98. The fourth-order valence-electron chi connectivity index (χ4n) is 2.25. The number of nitrogens with zero attached hydrogens (tertiary/aromatic N) is 2. The molecule has 0 saturated carbocycles. The summed E-state index contributed by atoms with van der Waals surface area (Å²) in [5.41, 5.74) is 0.682. The first kappa shape index (κ1) is 18.4. The molecule has 0 aliphatic rings. The Morgan fingerprint density at radius 1 is 1.38 bits per heavy atom. The number of hydrogen-bond donors (Lipinski definition) is 2. The minimum Gasteiger partial charge on any atom is -0.481 e. The number of carbonyl (C=O) groups is 1. The molecule has 9 heteroatoms. The molecule has 7 nitrogen and oxygen atoms in total. The number of aliphatic carboxylic acids is 1. The van der Waals surface area contributed by atoms with Gasteiger partial charge in [0.1, 0.15) is 10.0 Å². The summed E-state index contributed by atoms with van der Waals surface area (Å²) >= 11 is 6.05. The normalized spacial score (nSPS) is 12.9. The first-order chi connectivity index (χ1) is 11.3. The maximum absolute atomic E-state index is 12.6. The van der Waals surface area contributed by atoms with Crippen LogP contribution in [0.5, 0.6) is 0 Å². The molecule has 0 aliphatic carbocycles. The number of nitrogens with one attached hydrogen (secondary N) is 1. The van der Waals surface area contributed by atoms with Gasteiger partial charge in [0.2, 0.25) is 10.0 Å². The zero-order chi connectivity index (χ0) is 17.7. The standard InChI is InChI=1S/C15H18ClN3O4S/c1-2-19-15(16)13(10-17-19)24(22,23)18-12(8-9-14(20)21)11-6-4-3-5-7-11/h3-7,10,12,18H,2,8-9H2,1H3,(H,20,21). The maximum Gasteiger partial charge on any atom is 0.303 e. The number of sulfonamides is 1. The van der Waals surface area contributed by atoms with Crippen LogP contribution in [-0.4, -0.2) is 29.3 Å². The average Bonchev–Trinajstić information content (AvgIpc) is 2.93. The molecule has 1 unspecified atom stereocenters. The van der Waals surface area contributed by atoms with Gasteiger partial charge in [0.25, 0.3) is 0 Å². The van der Waals surface area contributed by atoms with Crippen LogP contribution < -0.4 is 4.72 Å². The third-order valence-electron chi connectivity index (χ3n) is 3.48. The Balaban J connectivity index is 2.30. The Labute approximate surface area is 145 Å². The summed E-state index contributed by atoms with van der Waals surface area (Å²) in [6.07, 6.45) is 1.15. The van der Waals surface area contributed by atoms with E-state index in [1.807, 2.05) is 0 Å². The summed E-state index contributed by atoms with van der Waals surface area (Å²) in [6, 6.07) is 8.14. The first-order valence-electron chi connectivity index (χ1n) is 7.35. The van der Waals surface area contributed by atoms with Crippen molar-refractivity contribution in [3.63, 3.8) is 0 Å². The van der Waals surface area contributed by atoms with Crippen LogP contribution in [0.1, 0.15) is 31.4 Å². The van der Waals surface area contributed by atoms with Gasteiger partial charge in [-0.1, -0.05) is 41.9 Å². The predicted molar refractivity (Wildman–Crippen MR) is 89.3 cm³/mol. The molecule has 1 atom stereocenters. The van der Waals surface area contributed by atoms with Gasteiger partial charge in [0, 0.05) is 19.0 Å². The molecule has 0 amide bonds. The van der Waals surface area contributed by atoms with E-state index >= 15 is 0 Å². The van der Waals surface area contributed by atoms with Gasteiger partial charge in [-0.15, -0.1) is 0 Å². The van der Waals surface area contributed by atoms with E-state index in [1.165, 1.54) is 10.9 Å². The van der Waals surface area contributed by atoms with E-state index in [9.17, 15) is 13.2 Å². The summed E-state index contributed by atoms with van der Waals surface area (Å²) in [5, 5.41) is 12.8. The fraction of sp³-hybridized carbons (Fsp3) is 0.333. The first-order valence-corrected chi connectivity index (χ1v) is 9.21. The molecule has 2 rings (SSSR count). The number of carboxylic acid groups (broad SMARTS) is 1. The molecule has 0 saturated heterocycles. The molecular formula is C15H18ClN3O4S. The van der Waals surface area contributed by atoms with Crippen LogP contribution in [0.25, 0.3) is 0 Å². The van der Waals surface area contributed by atoms with Crippen LogP contribution in [-0.2, 0) is 21.4 Å². The van der Waals surface area contributed by atoms with Gasteiger partial charge in [0.05, 0.1) is 6.20 Å². The second kappa shape index (κ2) is 7.78. The van der Waals surface area contributed by atoms with Crippen molar-refractivity contribution in [3.05, 3.63) is 47.2 Å². The van der Waals surface area contributed by atoms with Crippen molar-refractivity contribution in [1.82, 2.24) is 14.5 Å². The van der Waals surface area contributed by atoms with Crippen molar-refractivity contribution in [1.29, 1.82) is 0 Å². The monoisotopic (exact) mass is 371 g/mol. The SMILES string of the molecule is CCn1ncc(S(=O)(=O)NC(CCC(=O)O)c2ccccc2)c1Cl. The second-order valence-electron chi connectivity index (χ2n) is 5.13. The summed E-state index contributed by atoms with van der Waals surface area (Å²) < 4.78 is 29.1. The van der Waals surface area contributed by atoms with Gasteiger partial charge in [-0.25, -0.2) is 13.1 Å². The summed E-state index contributed by atoms with van der Waals surface area (Å²) in [5.74, 6) is -0.994. The van der Waals surface area contributed by atoms with Crippen molar-refractivity contribution >= 4 is 27.6 Å². The van der Waals surface area contributed by atoms with Gasteiger partial charge < -0.3 is 5.11 Å². The van der Waals surface area contributed by atoms with Gasteiger partial charge in [-0.3, -0.25) is 9.48 Å². The number of aromatic nitrogens is 2. The highest BCUT2D eigenvalue weighted by Gasteiger charge is 2.26. The van der Waals surface area contributed by atoms with E-state index in [0.717, 1.165) is 0 Å². The summed E-state index contributed by atoms with van der Waals surface area (Å²) in [7, 11) is -3.93. The zero-order valence-corrected chi connectivity index (χ0v) is 14.6. The Morgan fingerprint density at radius 3 is 2.58 bits per heavy atom. The van der Waals surface area contributed by atoms with Crippen molar-refractivity contribution in [2.24, 2.45) is 0 Å². The Morgan fingerprint density at radius 2 is 2.04 bits per heavy atom. The lowest BCUT2D eigenvalue weighted by molar-refractivity contribution is -0.137. The van der Waals surface area contributed by atoms with Gasteiger partial charge >= 0.3 is 5.97 Å². The van der Waals surface area contributed by atoms with E-state index in [-0.39, 0.29) is 22.9 Å². The van der Waals surface area contributed by atoms with E-state index in [4.69, 9.17) is 16.7 Å². The zero-order valence-electron chi connectivity index (χ0n) is 13.0. The number of rotatable bonds is 8. The third kappa shape index (κ3) is 4.34. The molecular weight excluding hydrogens is 354 g/mol. The third-order valence-corrected chi connectivity index (χ3v) is 5.46. The molecule has 0 radical (unpaired) electrons. The Bertz CT molecular complexity index is 805. The number of carboxylic acids is 1. The van der Waals surface area contributed by atoms with Gasteiger partial charge in [-0.2, -0.15) is 5.10 Å². The van der Waals surface area contributed by atoms with Crippen molar-refractivity contribution < 1.29 is 18.3 Å². The topological polar surface area (TPSA) is 101 Å². The minimum absolute atomic E-state index is 0.0232. The lowest BCUT2D eigenvalue weighted by Crippen LogP contribution is -2.29. The smallest absolute Gasteiger partial charge is 0.303 e. The second-order valence-corrected chi connectivity index (χ2v) is 7.17. The number of halogens is 1. The summed E-state index contributed by atoms with van der Waals surface area (Å²) in [6.45, 7) is 2.23. The van der Waals surface area contributed by atoms with Crippen molar-refractivity contribution in [2.75, 3.05) is 0 Å². The van der Waals surface area contributed by atoms with Crippen LogP contribution in [0.4, 0.5) is 0 Å². The number of aryl methyl sites for hydroxylation is 1. The maximum atomic E-state index is 12.6. The largest absolute Gasteiger partial charge is 0.481 e. The minimum atomic E-state index is -3.93. The molecule has 130 valence electrons. The van der Waals surface area contributed by atoms with E-state index < -0.39 is 22.0 Å². The van der Waals surface area contributed by atoms with Crippen molar-refractivity contribution in [2.45, 2.75) is 37.2 Å².